The summed E-state index contributed by atoms with van der Waals surface area (Å²) in [7, 11) is 0. The van der Waals surface area contributed by atoms with Gasteiger partial charge >= 0.3 is 0 Å². The number of piperidine rings is 1. The average Bonchev–Trinajstić information content (AvgIpc) is 3.57. The van der Waals surface area contributed by atoms with Crippen LogP contribution in [0.1, 0.15) is 54.3 Å². The average molecular weight is 487 g/mol. The summed E-state index contributed by atoms with van der Waals surface area (Å²) in [5.74, 6) is 0.877. The van der Waals surface area contributed by atoms with Gasteiger partial charge in [0.2, 0.25) is 0 Å². The molecule has 0 radical (unpaired) electrons. The number of hydrogen-bond donors (Lipinski definition) is 0. The molecule has 184 valence electrons. The van der Waals surface area contributed by atoms with Crippen LogP contribution in [0, 0.1) is 0 Å². The Kier molecular flexibility index (Phi) is 8.82. The maximum absolute atomic E-state index is 13.5. The monoisotopic (exact) mass is 486 g/mol. The third-order valence-corrected chi connectivity index (χ3v) is 7.07. The van der Waals surface area contributed by atoms with E-state index in [-0.39, 0.29) is 24.5 Å². The first-order chi connectivity index (χ1) is 16.6. The SMILES string of the molecule is CCOc1cc(C(=O)N(Cc2cccs2)CC2CCCO2)ccc1OCC(=O)N1CCCCC1. The van der Waals surface area contributed by atoms with Crippen LogP contribution in [-0.2, 0) is 16.1 Å². The molecule has 0 spiro atoms. The van der Waals surface area contributed by atoms with Crippen LogP contribution < -0.4 is 9.47 Å². The van der Waals surface area contributed by atoms with Crippen LogP contribution in [0.2, 0.25) is 0 Å². The molecule has 2 saturated heterocycles. The molecule has 2 aliphatic heterocycles. The van der Waals surface area contributed by atoms with Gasteiger partial charge < -0.3 is 24.0 Å². The molecule has 0 aliphatic carbocycles. The van der Waals surface area contributed by atoms with Crippen molar-refractivity contribution < 1.29 is 23.8 Å². The Hall–Kier alpha value is -2.58. The molecule has 1 atom stereocenters. The van der Waals surface area contributed by atoms with E-state index in [0.29, 0.717) is 36.8 Å². The number of thiophene rings is 1. The number of carbonyl (C=O) groups excluding carboxylic acids is 2. The second kappa shape index (κ2) is 12.2. The molecule has 2 aromatic rings. The summed E-state index contributed by atoms with van der Waals surface area (Å²) in [6.45, 7) is 5.73. The Labute approximate surface area is 205 Å². The first kappa shape index (κ1) is 24.5. The van der Waals surface area contributed by atoms with Crippen molar-refractivity contribution in [3.05, 3.63) is 46.2 Å². The van der Waals surface area contributed by atoms with E-state index < -0.39 is 0 Å². The second-order valence-electron chi connectivity index (χ2n) is 8.72. The summed E-state index contributed by atoms with van der Waals surface area (Å²) >= 11 is 1.64. The Balaban J connectivity index is 1.46. The molecule has 0 N–H and O–H groups in total. The molecule has 1 aromatic heterocycles. The van der Waals surface area contributed by atoms with E-state index in [1.54, 1.807) is 29.5 Å². The fourth-order valence-electron chi connectivity index (χ4n) is 4.43. The number of ether oxygens (including phenoxy) is 3. The highest BCUT2D eigenvalue weighted by Crippen LogP contribution is 2.30. The Morgan fingerprint density at radius 3 is 2.68 bits per heavy atom. The van der Waals surface area contributed by atoms with Gasteiger partial charge in [0, 0.05) is 36.7 Å². The van der Waals surface area contributed by atoms with Crippen LogP contribution in [0.4, 0.5) is 0 Å². The van der Waals surface area contributed by atoms with Crippen molar-refractivity contribution in [1.82, 2.24) is 9.80 Å². The van der Waals surface area contributed by atoms with Crippen molar-refractivity contribution in [2.75, 3.05) is 39.5 Å². The fraction of sp³-hybridized carbons (Fsp3) is 0.538. The smallest absolute Gasteiger partial charge is 0.260 e. The predicted molar refractivity (Wildman–Crippen MR) is 132 cm³/mol. The molecule has 2 amide bonds. The summed E-state index contributed by atoms with van der Waals surface area (Å²) < 4.78 is 17.4. The quantitative estimate of drug-likeness (QED) is 0.499. The highest BCUT2D eigenvalue weighted by atomic mass is 32.1. The number of benzene rings is 1. The molecule has 3 heterocycles. The van der Waals surface area contributed by atoms with Crippen molar-refractivity contribution in [3.8, 4) is 11.5 Å². The molecule has 2 fully saturated rings. The molecular weight excluding hydrogens is 452 g/mol. The fourth-order valence-corrected chi connectivity index (χ4v) is 5.15. The summed E-state index contributed by atoms with van der Waals surface area (Å²) in [6.07, 6.45) is 5.32. The van der Waals surface area contributed by atoms with Crippen molar-refractivity contribution in [3.63, 3.8) is 0 Å². The summed E-state index contributed by atoms with van der Waals surface area (Å²) in [4.78, 5) is 30.9. The van der Waals surface area contributed by atoms with Gasteiger partial charge in [-0.3, -0.25) is 9.59 Å². The first-order valence-electron chi connectivity index (χ1n) is 12.2. The molecule has 8 heteroatoms. The normalized spacial score (nSPS) is 18.0. The maximum atomic E-state index is 13.5. The highest BCUT2D eigenvalue weighted by Gasteiger charge is 2.25. The van der Waals surface area contributed by atoms with Crippen LogP contribution in [-0.4, -0.2) is 67.2 Å². The Bertz CT molecular complexity index is 937. The van der Waals surface area contributed by atoms with Gasteiger partial charge in [0.15, 0.2) is 18.1 Å². The zero-order valence-electron chi connectivity index (χ0n) is 19.9. The van der Waals surface area contributed by atoms with Gasteiger partial charge in [0.05, 0.1) is 19.3 Å². The van der Waals surface area contributed by atoms with Crippen molar-refractivity contribution in [2.24, 2.45) is 0 Å². The number of carbonyl (C=O) groups is 2. The first-order valence-corrected chi connectivity index (χ1v) is 13.1. The topological polar surface area (TPSA) is 68.3 Å². The largest absolute Gasteiger partial charge is 0.490 e. The van der Waals surface area contributed by atoms with Crippen LogP contribution >= 0.6 is 11.3 Å². The van der Waals surface area contributed by atoms with Gasteiger partial charge in [0.1, 0.15) is 0 Å². The van der Waals surface area contributed by atoms with Gasteiger partial charge in [-0.2, -0.15) is 0 Å². The van der Waals surface area contributed by atoms with E-state index >= 15 is 0 Å². The number of amides is 2. The van der Waals surface area contributed by atoms with E-state index in [0.717, 1.165) is 50.3 Å². The lowest BCUT2D eigenvalue weighted by Crippen LogP contribution is -2.38. The second-order valence-corrected chi connectivity index (χ2v) is 9.76. The minimum atomic E-state index is -0.0687. The summed E-state index contributed by atoms with van der Waals surface area (Å²) in [5.41, 5.74) is 0.535. The van der Waals surface area contributed by atoms with Crippen molar-refractivity contribution in [2.45, 2.75) is 51.7 Å². The van der Waals surface area contributed by atoms with Gasteiger partial charge in [-0.1, -0.05) is 6.07 Å². The molecule has 0 saturated carbocycles. The van der Waals surface area contributed by atoms with Gasteiger partial charge in [-0.05, 0) is 68.7 Å². The molecule has 34 heavy (non-hydrogen) atoms. The van der Waals surface area contributed by atoms with Crippen LogP contribution in [0.3, 0.4) is 0 Å². The molecule has 0 bridgehead atoms. The Morgan fingerprint density at radius 1 is 1.12 bits per heavy atom. The van der Waals surface area contributed by atoms with Crippen LogP contribution in [0.25, 0.3) is 0 Å². The number of nitrogens with zero attached hydrogens (tertiary/aromatic N) is 2. The third kappa shape index (κ3) is 6.51. The highest BCUT2D eigenvalue weighted by molar-refractivity contribution is 7.09. The predicted octanol–water partition coefficient (Wildman–Crippen LogP) is 4.36. The lowest BCUT2D eigenvalue weighted by atomic mass is 10.1. The van der Waals surface area contributed by atoms with Crippen molar-refractivity contribution in [1.29, 1.82) is 0 Å². The molecular formula is C26H34N2O5S. The third-order valence-electron chi connectivity index (χ3n) is 6.21. The molecule has 2 aliphatic rings. The van der Waals surface area contributed by atoms with Gasteiger partial charge in [-0.25, -0.2) is 0 Å². The maximum Gasteiger partial charge on any atom is 0.260 e. The lowest BCUT2D eigenvalue weighted by Gasteiger charge is -2.27. The number of likely N-dealkylation sites (tertiary alicyclic amines) is 1. The Morgan fingerprint density at radius 2 is 1.97 bits per heavy atom. The van der Waals surface area contributed by atoms with Gasteiger partial charge in [-0.15, -0.1) is 11.3 Å². The summed E-state index contributed by atoms with van der Waals surface area (Å²) in [6, 6.07) is 9.25. The van der Waals surface area contributed by atoms with E-state index in [1.165, 1.54) is 6.42 Å². The standard InChI is InChI=1S/C26H34N2O5S/c1-2-31-24-16-20(10-11-23(24)33-19-25(29)27-12-4-3-5-13-27)26(30)28(17-21-8-6-14-32-21)18-22-9-7-15-34-22/h7,9-11,15-16,21H,2-6,8,12-14,17-19H2,1H3. The summed E-state index contributed by atoms with van der Waals surface area (Å²) in [5, 5.41) is 2.02. The van der Waals surface area contributed by atoms with Gasteiger partial charge in [0.25, 0.3) is 11.8 Å². The molecule has 7 nitrogen and oxygen atoms in total. The van der Waals surface area contributed by atoms with Crippen LogP contribution in [0.5, 0.6) is 11.5 Å². The molecule has 4 rings (SSSR count). The van der Waals surface area contributed by atoms with Crippen molar-refractivity contribution >= 4 is 23.2 Å². The number of hydrogen-bond acceptors (Lipinski definition) is 6. The zero-order valence-corrected chi connectivity index (χ0v) is 20.7. The number of rotatable bonds is 10. The van der Waals surface area contributed by atoms with E-state index in [4.69, 9.17) is 14.2 Å². The molecule has 1 aromatic carbocycles. The zero-order chi connectivity index (χ0) is 23.8. The van der Waals surface area contributed by atoms with E-state index in [9.17, 15) is 9.59 Å². The lowest BCUT2D eigenvalue weighted by molar-refractivity contribution is -0.134. The molecule has 1 unspecified atom stereocenters. The van der Waals surface area contributed by atoms with E-state index in [1.807, 2.05) is 34.2 Å². The minimum absolute atomic E-state index is 0.0130. The van der Waals surface area contributed by atoms with Crippen LogP contribution in [0.15, 0.2) is 35.7 Å². The minimum Gasteiger partial charge on any atom is -0.490 e. The van der Waals surface area contributed by atoms with E-state index in [2.05, 4.69) is 0 Å².